The first-order valence-electron chi connectivity index (χ1n) is 7.03. The van der Waals surface area contributed by atoms with Crippen LogP contribution in [0.5, 0.6) is 0 Å². The fourth-order valence-corrected chi connectivity index (χ4v) is 5.95. The lowest BCUT2D eigenvalue weighted by Crippen LogP contribution is -2.30. The number of thioether (sulfide) groups is 1. The molecule has 0 aromatic heterocycles. The normalized spacial score (nSPS) is 18.6. The number of hydrogen-bond donors (Lipinski definition) is 0. The van der Waals surface area contributed by atoms with Gasteiger partial charge in [-0.3, -0.25) is 10.1 Å². The van der Waals surface area contributed by atoms with E-state index in [1.54, 1.807) is 36.4 Å². The first-order valence-corrected chi connectivity index (χ1v) is 9.90. The highest BCUT2D eigenvalue weighted by Crippen LogP contribution is 2.43. The van der Waals surface area contributed by atoms with E-state index in [0.29, 0.717) is 17.9 Å². The van der Waals surface area contributed by atoms with Crippen LogP contribution in [0.15, 0.2) is 53.4 Å². The molecule has 9 heteroatoms. The summed E-state index contributed by atoms with van der Waals surface area (Å²) < 4.78 is 27.1. The van der Waals surface area contributed by atoms with Gasteiger partial charge in [0.15, 0.2) is 0 Å². The Bertz CT molecular complexity index is 874. The zero-order chi connectivity index (χ0) is 17.3. The van der Waals surface area contributed by atoms with Crippen LogP contribution in [0, 0.1) is 10.1 Å². The molecule has 0 unspecified atom stereocenters. The fourth-order valence-electron chi connectivity index (χ4n) is 2.51. The van der Waals surface area contributed by atoms with Crippen LogP contribution < -0.4 is 0 Å². The van der Waals surface area contributed by atoms with Crippen molar-refractivity contribution >= 4 is 39.1 Å². The molecule has 1 aliphatic rings. The maximum Gasteiger partial charge on any atom is 0.288 e. The Morgan fingerprint density at radius 2 is 1.92 bits per heavy atom. The minimum absolute atomic E-state index is 0.0317. The van der Waals surface area contributed by atoms with Crippen molar-refractivity contribution < 1.29 is 13.3 Å². The van der Waals surface area contributed by atoms with Gasteiger partial charge >= 0.3 is 0 Å². The number of benzene rings is 2. The molecule has 2 aromatic carbocycles. The second-order valence-electron chi connectivity index (χ2n) is 5.12. The van der Waals surface area contributed by atoms with Crippen LogP contribution in [0.4, 0.5) is 5.69 Å². The quantitative estimate of drug-likeness (QED) is 0.593. The van der Waals surface area contributed by atoms with Crippen molar-refractivity contribution in [2.75, 3.05) is 12.3 Å². The van der Waals surface area contributed by atoms with Gasteiger partial charge in [0.05, 0.1) is 15.2 Å². The highest BCUT2D eigenvalue weighted by atomic mass is 35.5. The second-order valence-corrected chi connectivity index (χ2v) is 8.61. The van der Waals surface area contributed by atoms with E-state index in [-0.39, 0.29) is 15.6 Å². The van der Waals surface area contributed by atoms with Gasteiger partial charge in [0.1, 0.15) is 5.02 Å². The van der Waals surface area contributed by atoms with Gasteiger partial charge in [0.2, 0.25) is 10.0 Å². The molecule has 0 spiro atoms. The fraction of sp³-hybridized carbons (Fsp3) is 0.200. The number of halogens is 1. The molecule has 1 atom stereocenters. The summed E-state index contributed by atoms with van der Waals surface area (Å²) in [5, 5.41) is 10.6. The van der Waals surface area contributed by atoms with E-state index < -0.39 is 20.3 Å². The lowest BCUT2D eigenvalue weighted by molar-refractivity contribution is -0.384. The average molecular weight is 385 g/mol. The van der Waals surface area contributed by atoms with Crippen LogP contribution in [-0.4, -0.2) is 29.9 Å². The third kappa shape index (κ3) is 3.14. The molecule has 126 valence electrons. The van der Waals surface area contributed by atoms with Crippen LogP contribution in [0.1, 0.15) is 10.9 Å². The second kappa shape index (κ2) is 6.72. The largest absolute Gasteiger partial charge is 0.288 e. The summed E-state index contributed by atoms with van der Waals surface area (Å²) in [7, 11) is -3.67. The highest BCUT2D eigenvalue weighted by Gasteiger charge is 2.37. The average Bonchev–Trinajstić information content (AvgIpc) is 3.06. The van der Waals surface area contributed by atoms with E-state index in [4.69, 9.17) is 11.6 Å². The molecule has 1 aliphatic heterocycles. The summed E-state index contributed by atoms with van der Waals surface area (Å²) in [5.41, 5.74) is 0.326. The van der Waals surface area contributed by atoms with E-state index in [1.165, 1.54) is 28.2 Å². The Hall–Kier alpha value is -1.61. The Kier molecular flexibility index (Phi) is 4.82. The number of nitro groups is 1. The van der Waals surface area contributed by atoms with Crippen LogP contribution in [0.25, 0.3) is 0 Å². The van der Waals surface area contributed by atoms with E-state index in [1.807, 2.05) is 0 Å². The van der Waals surface area contributed by atoms with Crippen molar-refractivity contribution in [1.29, 1.82) is 0 Å². The number of sulfonamides is 1. The number of rotatable bonds is 4. The topological polar surface area (TPSA) is 80.5 Å². The van der Waals surface area contributed by atoms with Crippen LogP contribution >= 0.6 is 23.4 Å². The predicted octanol–water partition coefficient (Wildman–Crippen LogP) is 3.68. The summed E-state index contributed by atoms with van der Waals surface area (Å²) in [6.07, 6.45) is 0. The van der Waals surface area contributed by atoms with Crippen LogP contribution in [-0.2, 0) is 10.0 Å². The maximum atomic E-state index is 12.9. The van der Waals surface area contributed by atoms with Crippen LogP contribution in [0.2, 0.25) is 5.02 Å². The maximum absolute atomic E-state index is 12.9. The van der Waals surface area contributed by atoms with Crippen molar-refractivity contribution in [3.63, 3.8) is 0 Å². The van der Waals surface area contributed by atoms with Gasteiger partial charge in [0, 0.05) is 18.4 Å². The highest BCUT2D eigenvalue weighted by molar-refractivity contribution is 8.01. The monoisotopic (exact) mass is 384 g/mol. The number of nitro benzene ring substituents is 1. The van der Waals surface area contributed by atoms with Crippen molar-refractivity contribution in [1.82, 2.24) is 4.31 Å². The van der Waals surface area contributed by atoms with E-state index in [0.717, 1.165) is 0 Å². The van der Waals surface area contributed by atoms with Gasteiger partial charge in [0.25, 0.3) is 5.69 Å². The third-order valence-electron chi connectivity index (χ3n) is 3.65. The zero-order valence-corrected chi connectivity index (χ0v) is 14.7. The molecule has 0 radical (unpaired) electrons. The molecular formula is C15H13ClN2O4S2. The molecule has 1 fully saturated rings. The first-order chi connectivity index (χ1) is 11.4. The lowest BCUT2D eigenvalue weighted by atomic mass is 10.2. The van der Waals surface area contributed by atoms with Gasteiger partial charge < -0.3 is 0 Å². The molecule has 2 aromatic rings. The lowest BCUT2D eigenvalue weighted by Gasteiger charge is -2.23. The van der Waals surface area contributed by atoms with Crippen LogP contribution in [0.3, 0.4) is 0 Å². The summed E-state index contributed by atoms with van der Waals surface area (Å²) in [6, 6.07) is 12.6. The van der Waals surface area contributed by atoms with E-state index >= 15 is 0 Å². The van der Waals surface area contributed by atoms with Crippen molar-refractivity contribution in [2.24, 2.45) is 0 Å². The summed E-state index contributed by atoms with van der Waals surface area (Å²) in [6.45, 7) is 0.350. The van der Waals surface area contributed by atoms with E-state index in [9.17, 15) is 18.5 Å². The number of nitrogens with zero attached hydrogens (tertiary/aromatic N) is 2. The first kappa shape index (κ1) is 17.2. The van der Waals surface area contributed by atoms with Crippen molar-refractivity contribution in [3.8, 4) is 0 Å². The van der Waals surface area contributed by atoms with Gasteiger partial charge in [-0.25, -0.2) is 8.42 Å². The minimum Gasteiger partial charge on any atom is -0.258 e. The minimum atomic E-state index is -3.67. The van der Waals surface area contributed by atoms with Gasteiger partial charge in [-0.2, -0.15) is 4.31 Å². The van der Waals surface area contributed by atoms with E-state index in [2.05, 4.69) is 0 Å². The SMILES string of the molecule is O=[N+]([O-])c1cc([C@H]2SCCN2S(=O)(=O)c2ccccc2)ccc1Cl. The summed E-state index contributed by atoms with van der Waals surface area (Å²) in [4.78, 5) is 10.7. The molecule has 3 rings (SSSR count). The molecule has 0 bridgehead atoms. The Balaban J connectivity index is 2.00. The molecule has 6 nitrogen and oxygen atoms in total. The molecule has 0 aliphatic carbocycles. The molecule has 0 amide bonds. The molecule has 1 heterocycles. The smallest absolute Gasteiger partial charge is 0.258 e. The molecule has 1 saturated heterocycles. The molecule has 0 saturated carbocycles. The summed E-state index contributed by atoms with van der Waals surface area (Å²) >= 11 is 7.27. The zero-order valence-electron chi connectivity index (χ0n) is 12.3. The van der Waals surface area contributed by atoms with Gasteiger partial charge in [-0.15, -0.1) is 11.8 Å². The predicted molar refractivity (Wildman–Crippen MR) is 93.6 cm³/mol. The Morgan fingerprint density at radius 1 is 1.21 bits per heavy atom. The summed E-state index contributed by atoms with van der Waals surface area (Å²) in [5.74, 6) is 0.618. The standard InChI is InChI=1S/C15H13ClN2O4S2/c16-13-7-6-11(10-14(13)18(19)20)15-17(8-9-23-15)24(21,22)12-4-2-1-3-5-12/h1-7,10,15H,8-9H2/t15-/m1/s1. The Morgan fingerprint density at radius 3 is 2.58 bits per heavy atom. The molecule has 0 N–H and O–H groups in total. The van der Waals surface area contributed by atoms with Crippen molar-refractivity contribution in [2.45, 2.75) is 10.3 Å². The van der Waals surface area contributed by atoms with Crippen molar-refractivity contribution in [3.05, 3.63) is 69.2 Å². The van der Waals surface area contributed by atoms with Gasteiger partial charge in [-0.05, 0) is 23.8 Å². The van der Waals surface area contributed by atoms with Gasteiger partial charge in [-0.1, -0.05) is 35.9 Å². The number of hydrogen-bond acceptors (Lipinski definition) is 5. The Labute approximate surface area is 148 Å². The molecular weight excluding hydrogens is 372 g/mol. The third-order valence-corrected chi connectivity index (χ3v) is 7.24. The molecule has 24 heavy (non-hydrogen) atoms.